The molecule has 0 spiro atoms. The summed E-state index contributed by atoms with van der Waals surface area (Å²) in [5.74, 6) is -2.78. The Balaban J connectivity index is 1.28. The van der Waals surface area contributed by atoms with Gasteiger partial charge in [-0.1, -0.05) is 51.5 Å². The number of nitrogens with zero attached hydrogens (tertiary/aromatic N) is 2. The second-order valence-corrected chi connectivity index (χ2v) is 21.1. The number of benzene rings is 1. The summed E-state index contributed by atoms with van der Waals surface area (Å²) in [6.07, 6.45) is 12.6. The van der Waals surface area contributed by atoms with Crippen LogP contribution in [0, 0.1) is 41.4 Å². The third-order valence-electron chi connectivity index (χ3n) is 16.6. The molecule has 2 saturated carbocycles. The van der Waals surface area contributed by atoms with E-state index < -0.39 is 47.4 Å². The Labute approximate surface area is 405 Å². The number of hydrogen-bond acceptors (Lipinski definition) is 10. The first-order valence-corrected chi connectivity index (χ1v) is 25.6. The van der Waals surface area contributed by atoms with Crippen LogP contribution in [0.1, 0.15) is 125 Å². The molecule has 3 fully saturated rings. The van der Waals surface area contributed by atoms with Gasteiger partial charge in [0.05, 0.1) is 30.5 Å². The van der Waals surface area contributed by atoms with E-state index in [0.29, 0.717) is 50.5 Å². The first kappa shape index (κ1) is 53.4. The molecule has 1 amide bonds. The van der Waals surface area contributed by atoms with Gasteiger partial charge >= 0.3 is 0 Å². The normalized spacial score (nSPS) is 36.4. The molecule has 68 heavy (non-hydrogen) atoms. The lowest BCUT2D eigenvalue weighted by Crippen LogP contribution is -2.61. The fourth-order valence-electron chi connectivity index (χ4n) is 12.2. The lowest BCUT2D eigenvalue weighted by molar-refractivity contribution is -0.176. The molecule has 1 aromatic heterocycles. The van der Waals surface area contributed by atoms with Crippen LogP contribution in [0.25, 0.3) is 10.9 Å². The highest BCUT2D eigenvalue weighted by Crippen LogP contribution is 2.44. The average Bonchev–Trinajstić information content (AvgIpc) is 3.74. The van der Waals surface area contributed by atoms with E-state index >= 15 is 0 Å². The van der Waals surface area contributed by atoms with Gasteiger partial charge in [-0.2, -0.15) is 0 Å². The number of methoxy groups -OCH3 is 3. The highest BCUT2D eigenvalue weighted by molar-refractivity contribution is 6.39. The number of allylic oxidation sites excluding steroid dienone is 4. The highest BCUT2D eigenvalue weighted by atomic mass is 16.5. The van der Waals surface area contributed by atoms with Crippen molar-refractivity contribution in [3.05, 3.63) is 66.4 Å². The highest BCUT2D eigenvalue weighted by Gasteiger charge is 2.55. The van der Waals surface area contributed by atoms with Crippen molar-refractivity contribution in [3.8, 4) is 5.75 Å². The quantitative estimate of drug-likeness (QED) is 0.174. The fourth-order valence-corrected chi connectivity index (χ4v) is 12.2. The molecule has 2 aliphatic heterocycles. The van der Waals surface area contributed by atoms with Gasteiger partial charge in [0.15, 0.2) is 5.78 Å². The summed E-state index contributed by atoms with van der Waals surface area (Å²) in [5, 5.41) is 25.2. The Morgan fingerprint density at radius 3 is 2.29 bits per heavy atom. The van der Waals surface area contributed by atoms with Crippen molar-refractivity contribution in [3.63, 3.8) is 0 Å². The van der Waals surface area contributed by atoms with Crippen LogP contribution >= 0.6 is 0 Å². The zero-order valence-electron chi connectivity index (χ0n) is 42.5. The van der Waals surface area contributed by atoms with Crippen LogP contribution in [0.4, 0.5) is 0 Å². The van der Waals surface area contributed by atoms with Crippen molar-refractivity contribution in [1.29, 1.82) is 0 Å². The van der Waals surface area contributed by atoms with Gasteiger partial charge < -0.3 is 38.6 Å². The molecule has 2 aromatic rings. The summed E-state index contributed by atoms with van der Waals surface area (Å²) in [6, 6.07) is 7.45. The van der Waals surface area contributed by atoms with E-state index in [9.17, 15) is 29.4 Å². The Morgan fingerprint density at radius 1 is 0.882 bits per heavy atom. The number of rotatable bonds is 10. The summed E-state index contributed by atoms with van der Waals surface area (Å²) >= 11 is 0. The Kier molecular flexibility index (Phi) is 18.7. The predicted molar refractivity (Wildman–Crippen MR) is 265 cm³/mol. The van der Waals surface area contributed by atoms with Gasteiger partial charge in [-0.3, -0.25) is 19.2 Å². The van der Waals surface area contributed by atoms with E-state index in [4.69, 9.17) is 18.9 Å². The number of aromatic nitrogens is 1. The van der Waals surface area contributed by atoms with Gasteiger partial charge in [0.2, 0.25) is 0 Å². The van der Waals surface area contributed by atoms with E-state index in [1.165, 1.54) is 4.90 Å². The molecule has 2 bridgehead atoms. The standard InChI is InChI=1S/C56H82N2O10/c1-11-23-57-25-22-41-31-42(18-19-45(41)57)68-49-21-17-39(30-52(49)67-10)26-35(4)43-32-48(60)46-15-13-14-24-58(46)55(63)54(62)56(64)33-44(51(66-9)29-38(56)7)50(65-8)28-37(6)53(61)36(5)27-40(12-2)47(59)20-16-34(43)3/h11,18-19,22,25-27,31,34,37-40,43-44,46,49-53,61,64H,1,12-17,20-21,23-24,28-30,32-33H2,2-10H3/b35-26?,36-27+. The summed E-state index contributed by atoms with van der Waals surface area (Å²) in [6.45, 7) is 16.6. The molecule has 3 heterocycles. The van der Waals surface area contributed by atoms with Gasteiger partial charge in [-0.05, 0) is 144 Å². The van der Waals surface area contributed by atoms with E-state index in [-0.39, 0.29) is 78.9 Å². The molecule has 376 valence electrons. The van der Waals surface area contributed by atoms with Crippen molar-refractivity contribution in [2.45, 2.75) is 174 Å². The SMILES string of the molecule is C=CCn1ccc2cc(OC3CCC(C=C(C)C4CC(=O)C5CCCCN5C(=O)C(=O)C5(O)CC(C(OC)CC(C)C(O)/C(C)=C/C(CC)C(=O)CCC4C)C(OC)CC5C)CC3OC)ccc21. The molecule has 1 saturated heterocycles. The van der Waals surface area contributed by atoms with Crippen molar-refractivity contribution in [2.75, 3.05) is 27.9 Å². The lowest BCUT2D eigenvalue weighted by Gasteiger charge is -2.47. The van der Waals surface area contributed by atoms with Gasteiger partial charge in [0.1, 0.15) is 23.2 Å². The average molecular weight is 943 g/mol. The number of carbonyl (C=O) groups excluding carboxylic acids is 4. The molecule has 0 radical (unpaired) electrons. The fraction of sp³-hybridized carbons (Fsp3) is 0.679. The predicted octanol–water partition coefficient (Wildman–Crippen LogP) is 9.03. The first-order valence-electron chi connectivity index (χ1n) is 25.6. The maximum Gasteiger partial charge on any atom is 0.293 e. The summed E-state index contributed by atoms with van der Waals surface area (Å²) in [5.41, 5.74) is 0.887. The van der Waals surface area contributed by atoms with Crippen LogP contribution in [-0.4, -0.2) is 113 Å². The van der Waals surface area contributed by atoms with Crippen molar-refractivity contribution in [1.82, 2.24) is 9.47 Å². The van der Waals surface area contributed by atoms with Crippen LogP contribution in [0.3, 0.4) is 0 Å². The molecule has 6 rings (SSSR count). The van der Waals surface area contributed by atoms with Crippen molar-refractivity contribution in [2.24, 2.45) is 41.4 Å². The molecule has 1 aromatic carbocycles. The molecule has 12 nitrogen and oxygen atoms in total. The van der Waals surface area contributed by atoms with Crippen LogP contribution in [0.15, 0.2) is 66.4 Å². The number of carbonyl (C=O) groups is 4. The number of aliphatic hydroxyl groups excluding tert-OH is 1. The van der Waals surface area contributed by atoms with E-state index in [1.54, 1.807) is 28.3 Å². The summed E-state index contributed by atoms with van der Waals surface area (Å²) in [4.78, 5) is 59.4. The maximum absolute atomic E-state index is 14.8. The molecular formula is C56H82N2O10. The number of aliphatic hydroxyl groups is 2. The van der Waals surface area contributed by atoms with Gasteiger partial charge in [-0.15, -0.1) is 6.58 Å². The van der Waals surface area contributed by atoms with Crippen molar-refractivity contribution >= 4 is 34.2 Å². The van der Waals surface area contributed by atoms with E-state index in [1.807, 2.05) is 39.0 Å². The van der Waals surface area contributed by atoms with Crippen LogP contribution in [-0.2, 0) is 39.9 Å². The summed E-state index contributed by atoms with van der Waals surface area (Å²) in [7, 11) is 4.91. The van der Waals surface area contributed by atoms with Gasteiger partial charge in [0.25, 0.3) is 11.7 Å². The van der Waals surface area contributed by atoms with E-state index in [2.05, 4.69) is 55.5 Å². The molecule has 2 aliphatic carbocycles. The van der Waals surface area contributed by atoms with Gasteiger partial charge in [-0.25, -0.2) is 0 Å². The molecule has 12 heteroatoms. The van der Waals surface area contributed by atoms with Crippen LogP contribution < -0.4 is 4.74 Å². The maximum atomic E-state index is 14.8. The number of ether oxygens (including phenoxy) is 4. The second-order valence-electron chi connectivity index (χ2n) is 21.1. The number of fused-ring (bicyclic) bond motifs is 4. The third-order valence-corrected chi connectivity index (χ3v) is 16.6. The smallest absolute Gasteiger partial charge is 0.293 e. The Morgan fingerprint density at radius 2 is 1.60 bits per heavy atom. The van der Waals surface area contributed by atoms with E-state index in [0.717, 1.165) is 54.5 Å². The monoisotopic (exact) mass is 943 g/mol. The zero-order valence-corrected chi connectivity index (χ0v) is 42.5. The minimum atomic E-state index is -2.00. The molecule has 14 unspecified atom stereocenters. The van der Waals surface area contributed by atoms with Crippen LogP contribution in [0.5, 0.6) is 5.75 Å². The Hall–Kier alpha value is -3.94. The first-order chi connectivity index (χ1) is 32.5. The minimum absolute atomic E-state index is 0.0608. The number of hydrogen-bond donors (Lipinski definition) is 2. The number of amides is 1. The number of piperidine rings is 1. The summed E-state index contributed by atoms with van der Waals surface area (Å²) < 4.78 is 26.8. The largest absolute Gasteiger partial charge is 0.488 e. The molecule has 2 N–H and O–H groups in total. The van der Waals surface area contributed by atoms with Crippen molar-refractivity contribution < 1.29 is 48.3 Å². The topological polar surface area (TPSA) is 154 Å². The third kappa shape index (κ3) is 12.0. The zero-order chi connectivity index (χ0) is 49.4. The van der Waals surface area contributed by atoms with Gasteiger partial charge in [0, 0.05) is 76.2 Å². The molecule has 4 aliphatic rings. The molecular weight excluding hydrogens is 861 g/mol. The lowest BCUT2D eigenvalue weighted by atomic mass is 9.65. The Bertz CT molecular complexity index is 2140. The molecule has 14 atom stereocenters. The second kappa shape index (κ2) is 23.8. The van der Waals surface area contributed by atoms with Crippen LogP contribution in [0.2, 0.25) is 0 Å². The minimum Gasteiger partial charge on any atom is -0.488 e. The number of ketones is 3. The number of Topliss-reactive ketones (excluding diaryl/α,β-unsaturated/α-hetero) is 3.